The van der Waals surface area contributed by atoms with Gasteiger partial charge in [0, 0.05) is 11.3 Å². The summed E-state index contributed by atoms with van der Waals surface area (Å²) in [5.41, 5.74) is 0.940. The first kappa shape index (κ1) is 10.2. The summed E-state index contributed by atoms with van der Waals surface area (Å²) < 4.78 is 5.01. The van der Waals surface area contributed by atoms with Gasteiger partial charge in [0.05, 0.1) is 13.1 Å². The summed E-state index contributed by atoms with van der Waals surface area (Å²) in [5.74, 6) is 1.77. The number of aromatic nitrogens is 1. The van der Waals surface area contributed by atoms with Gasteiger partial charge < -0.3 is 9.84 Å². The van der Waals surface area contributed by atoms with Crippen molar-refractivity contribution in [2.45, 2.75) is 31.6 Å². The molecule has 1 atom stereocenters. The Morgan fingerprint density at radius 2 is 2.44 bits per heavy atom. The molecule has 5 heteroatoms. The van der Waals surface area contributed by atoms with Gasteiger partial charge in [0.15, 0.2) is 5.17 Å². The van der Waals surface area contributed by atoms with E-state index in [1.54, 1.807) is 0 Å². The van der Waals surface area contributed by atoms with Gasteiger partial charge in [-0.25, -0.2) is 0 Å². The molecule has 16 heavy (non-hydrogen) atoms. The average Bonchev–Trinajstić information content (AvgIpc) is 2.87. The smallest absolute Gasteiger partial charge is 0.157 e. The van der Waals surface area contributed by atoms with E-state index in [0.29, 0.717) is 6.54 Å². The molecule has 0 spiro atoms. The van der Waals surface area contributed by atoms with E-state index in [-0.39, 0.29) is 0 Å². The highest BCUT2D eigenvalue weighted by Crippen LogP contribution is 2.41. The van der Waals surface area contributed by atoms with Crippen LogP contribution in [-0.4, -0.2) is 22.1 Å². The van der Waals surface area contributed by atoms with Gasteiger partial charge in [-0.15, -0.1) is 0 Å². The molecule has 3 rings (SSSR count). The van der Waals surface area contributed by atoms with Crippen molar-refractivity contribution < 1.29 is 4.52 Å². The third-order valence-corrected chi connectivity index (χ3v) is 4.26. The lowest BCUT2D eigenvalue weighted by atomic mass is 10.3. The maximum Gasteiger partial charge on any atom is 0.157 e. The van der Waals surface area contributed by atoms with Crippen molar-refractivity contribution in [3.63, 3.8) is 0 Å². The average molecular weight is 237 g/mol. The Bertz CT molecular complexity index is 411. The molecule has 1 N–H and O–H groups in total. The number of aliphatic imine (C=N–C) groups is 1. The second kappa shape index (κ2) is 4.13. The number of hydrogen-bond acceptors (Lipinski definition) is 5. The maximum atomic E-state index is 5.01. The molecule has 1 saturated carbocycles. The lowest BCUT2D eigenvalue weighted by molar-refractivity contribution is 0.390. The van der Waals surface area contributed by atoms with Gasteiger partial charge >= 0.3 is 0 Å². The van der Waals surface area contributed by atoms with Crippen LogP contribution < -0.4 is 5.32 Å². The number of hydrogen-bond donors (Lipinski definition) is 1. The summed E-state index contributed by atoms with van der Waals surface area (Å²) in [7, 11) is 0. The Morgan fingerprint density at radius 3 is 3.12 bits per heavy atom. The van der Waals surface area contributed by atoms with Gasteiger partial charge in [0.1, 0.15) is 11.5 Å². The molecule has 1 aliphatic carbocycles. The predicted molar refractivity (Wildman–Crippen MR) is 64.5 cm³/mol. The predicted octanol–water partition coefficient (Wildman–Crippen LogP) is 1.95. The fourth-order valence-electron chi connectivity index (χ4n) is 1.87. The number of aryl methyl sites for hydroxylation is 1. The monoisotopic (exact) mass is 237 g/mol. The third kappa shape index (κ3) is 2.24. The number of nitrogens with one attached hydrogen (secondary N) is 1. The zero-order valence-electron chi connectivity index (χ0n) is 9.27. The van der Waals surface area contributed by atoms with Crippen LogP contribution in [-0.2, 0) is 6.54 Å². The van der Waals surface area contributed by atoms with Crippen LogP contribution in [0.4, 0.5) is 0 Å². The molecule has 1 unspecified atom stereocenters. The molecule has 2 heterocycles. The van der Waals surface area contributed by atoms with Crippen molar-refractivity contribution in [2.75, 3.05) is 6.54 Å². The minimum atomic E-state index is 0.709. The van der Waals surface area contributed by atoms with Crippen molar-refractivity contribution in [1.29, 1.82) is 0 Å². The van der Waals surface area contributed by atoms with Crippen LogP contribution in [0.25, 0.3) is 0 Å². The van der Waals surface area contributed by atoms with Gasteiger partial charge in [-0.1, -0.05) is 16.9 Å². The quantitative estimate of drug-likeness (QED) is 0.873. The Hall–Kier alpha value is -0.970. The van der Waals surface area contributed by atoms with Crippen LogP contribution in [0.1, 0.15) is 24.3 Å². The van der Waals surface area contributed by atoms with Crippen molar-refractivity contribution in [3.8, 4) is 0 Å². The molecule has 1 aromatic heterocycles. The number of amidine groups is 1. The Morgan fingerprint density at radius 1 is 1.56 bits per heavy atom. The van der Waals surface area contributed by atoms with Crippen LogP contribution in [0.3, 0.4) is 0 Å². The normalized spacial score (nSPS) is 24.6. The highest BCUT2D eigenvalue weighted by Gasteiger charge is 2.35. The number of thioether (sulfide) groups is 1. The van der Waals surface area contributed by atoms with Crippen molar-refractivity contribution in [1.82, 2.24) is 10.5 Å². The molecule has 4 nitrogen and oxygen atoms in total. The van der Waals surface area contributed by atoms with Gasteiger partial charge in [-0.2, -0.15) is 0 Å². The van der Waals surface area contributed by atoms with Crippen LogP contribution >= 0.6 is 11.8 Å². The van der Waals surface area contributed by atoms with Crippen LogP contribution in [0.15, 0.2) is 15.6 Å². The highest BCUT2D eigenvalue weighted by atomic mass is 32.2. The van der Waals surface area contributed by atoms with Crippen molar-refractivity contribution >= 4 is 16.9 Å². The van der Waals surface area contributed by atoms with Gasteiger partial charge in [-0.3, -0.25) is 4.99 Å². The lowest BCUT2D eigenvalue weighted by Crippen LogP contribution is -2.19. The molecular weight excluding hydrogens is 222 g/mol. The van der Waals surface area contributed by atoms with Gasteiger partial charge in [0.2, 0.25) is 0 Å². The molecule has 0 saturated heterocycles. The molecule has 0 bridgehead atoms. The zero-order chi connectivity index (χ0) is 11.0. The summed E-state index contributed by atoms with van der Waals surface area (Å²) in [6.45, 7) is 3.59. The molecule has 0 aromatic carbocycles. The second-order valence-electron chi connectivity index (χ2n) is 4.42. The van der Waals surface area contributed by atoms with Gasteiger partial charge in [-0.05, 0) is 25.7 Å². The Balaban J connectivity index is 1.49. The maximum absolute atomic E-state index is 5.01. The van der Waals surface area contributed by atoms with Crippen LogP contribution in [0.2, 0.25) is 0 Å². The third-order valence-electron chi connectivity index (χ3n) is 2.92. The SMILES string of the molecule is Cc1cc(CNC2=NCC(C3CC3)S2)no1. The molecular formula is C11H15N3OS. The molecule has 2 aliphatic rings. The van der Waals surface area contributed by atoms with E-state index < -0.39 is 0 Å². The summed E-state index contributed by atoms with van der Waals surface area (Å²) in [4.78, 5) is 4.51. The molecule has 1 aliphatic heterocycles. The topological polar surface area (TPSA) is 50.4 Å². The second-order valence-corrected chi connectivity index (χ2v) is 5.65. The minimum absolute atomic E-state index is 0.709. The van der Waals surface area contributed by atoms with E-state index in [0.717, 1.165) is 34.3 Å². The number of rotatable bonds is 3. The van der Waals surface area contributed by atoms with E-state index in [1.165, 1.54) is 12.8 Å². The molecule has 1 fully saturated rings. The standard InChI is InChI=1S/C11H15N3OS/c1-7-4-9(14-15-7)5-12-11-13-6-10(16-11)8-2-3-8/h4,8,10H,2-3,5-6H2,1H3,(H,12,13). The lowest BCUT2D eigenvalue weighted by Gasteiger charge is -2.05. The first-order valence-electron chi connectivity index (χ1n) is 5.68. The van der Waals surface area contributed by atoms with E-state index >= 15 is 0 Å². The summed E-state index contributed by atoms with van der Waals surface area (Å²) in [5, 5.41) is 9.05. The molecule has 0 radical (unpaired) electrons. The molecule has 86 valence electrons. The Labute approximate surface area is 98.9 Å². The fraction of sp³-hybridized carbons (Fsp3) is 0.636. The highest BCUT2D eigenvalue weighted by molar-refractivity contribution is 8.14. The first-order valence-corrected chi connectivity index (χ1v) is 6.56. The molecule has 1 aromatic rings. The number of nitrogens with zero attached hydrogens (tertiary/aromatic N) is 2. The summed E-state index contributed by atoms with van der Waals surface area (Å²) in [6, 6.07) is 1.95. The Kier molecular flexibility index (Phi) is 2.63. The first-order chi connectivity index (χ1) is 7.81. The minimum Gasteiger partial charge on any atom is -0.361 e. The van der Waals surface area contributed by atoms with Crippen molar-refractivity contribution in [2.24, 2.45) is 10.9 Å². The zero-order valence-corrected chi connectivity index (χ0v) is 10.1. The van der Waals surface area contributed by atoms with Gasteiger partial charge in [0.25, 0.3) is 0 Å². The summed E-state index contributed by atoms with van der Waals surface area (Å²) in [6.07, 6.45) is 2.78. The van der Waals surface area contributed by atoms with Crippen LogP contribution in [0, 0.1) is 12.8 Å². The van der Waals surface area contributed by atoms with E-state index in [4.69, 9.17) is 4.52 Å². The summed E-state index contributed by atoms with van der Waals surface area (Å²) >= 11 is 1.89. The van der Waals surface area contributed by atoms with E-state index in [1.807, 2.05) is 24.8 Å². The molecule has 0 amide bonds. The van der Waals surface area contributed by atoms with Crippen LogP contribution in [0.5, 0.6) is 0 Å². The fourth-order valence-corrected chi connectivity index (χ4v) is 3.07. The van der Waals surface area contributed by atoms with E-state index in [2.05, 4.69) is 15.5 Å². The largest absolute Gasteiger partial charge is 0.361 e. The van der Waals surface area contributed by atoms with E-state index in [9.17, 15) is 0 Å². The van der Waals surface area contributed by atoms with Crippen molar-refractivity contribution in [3.05, 3.63) is 17.5 Å².